The molecular weight excluding hydrogens is 331 g/mol. The van der Waals surface area contributed by atoms with Crippen LogP contribution in [0.4, 0.5) is 10.1 Å². The van der Waals surface area contributed by atoms with Crippen LogP contribution < -0.4 is 10.2 Å². The zero-order valence-electron chi connectivity index (χ0n) is 11.6. The van der Waals surface area contributed by atoms with Gasteiger partial charge in [0.25, 0.3) is 0 Å². The fourth-order valence-electron chi connectivity index (χ4n) is 3.71. The number of anilines is 1. The zero-order chi connectivity index (χ0) is 14.4. The molecule has 0 aliphatic carbocycles. The monoisotopic (exact) mass is 346 g/mol. The minimum Gasteiger partial charge on any atom is -0.359 e. The summed E-state index contributed by atoms with van der Waals surface area (Å²) in [5.74, 6) is -0.178. The third-order valence-electron chi connectivity index (χ3n) is 4.65. The highest BCUT2D eigenvalue weighted by atomic mass is 79.9. The molecule has 0 unspecified atom stereocenters. The molecule has 2 heterocycles. The Balaban J connectivity index is 1.90. The molecule has 2 nitrogen and oxygen atoms in total. The lowest BCUT2D eigenvalue weighted by Crippen LogP contribution is -2.57. The van der Waals surface area contributed by atoms with Crippen molar-refractivity contribution >= 4 is 21.6 Å². The molecule has 0 aromatic heterocycles. The molecule has 1 atom stereocenters. The third-order valence-corrected chi connectivity index (χ3v) is 5.36. The van der Waals surface area contributed by atoms with Gasteiger partial charge in [0.2, 0.25) is 0 Å². The third kappa shape index (κ3) is 1.93. The number of fused-ring (bicyclic) bond motifs is 3. The number of nitrogens with one attached hydrogen (secondary N) is 1. The molecule has 0 spiro atoms. The molecule has 0 saturated carbocycles. The second-order valence-electron chi connectivity index (χ2n) is 5.79. The summed E-state index contributed by atoms with van der Waals surface area (Å²) in [4.78, 5) is 2.38. The van der Waals surface area contributed by atoms with Crippen molar-refractivity contribution in [2.75, 3.05) is 24.5 Å². The van der Waals surface area contributed by atoms with Gasteiger partial charge in [0.1, 0.15) is 5.82 Å². The number of benzene rings is 2. The Morgan fingerprint density at radius 1 is 1.19 bits per heavy atom. The minimum absolute atomic E-state index is 0.0991. The molecule has 0 amide bonds. The summed E-state index contributed by atoms with van der Waals surface area (Å²) >= 11 is 3.54. The summed E-state index contributed by atoms with van der Waals surface area (Å²) in [6, 6.07) is 13.8. The van der Waals surface area contributed by atoms with Crippen LogP contribution in [0.2, 0.25) is 0 Å². The van der Waals surface area contributed by atoms with Crippen molar-refractivity contribution in [1.82, 2.24) is 5.32 Å². The Morgan fingerprint density at radius 3 is 2.81 bits per heavy atom. The van der Waals surface area contributed by atoms with Crippen molar-refractivity contribution in [2.24, 2.45) is 0 Å². The van der Waals surface area contributed by atoms with E-state index in [0.717, 1.165) is 36.2 Å². The summed E-state index contributed by atoms with van der Waals surface area (Å²) in [6.07, 6.45) is 0.903. The first-order valence-electron chi connectivity index (χ1n) is 7.22. The Kier molecular flexibility index (Phi) is 3.05. The minimum atomic E-state index is -0.178. The van der Waals surface area contributed by atoms with Gasteiger partial charge in [-0.1, -0.05) is 46.3 Å². The van der Waals surface area contributed by atoms with E-state index >= 15 is 0 Å². The van der Waals surface area contributed by atoms with Crippen molar-refractivity contribution in [3.8, 4) is 0 Å². The van der Waals surface area contributed by atoms with Gasteiger partial charge in [0, 0.05) is 36.2 Å². The lowest BCUT2D eigenvalue weighted by Gasteiger charge is -2.45. The van der Waals surface area contributed by atoms with Crippen LogP contribution in [0.5, 0.6) is 0 Å². The van der Waals surface area contributed by atoms with E-state index in [1.54, 1.807) is 12.1 Å². The van der Waals surface area contributed by atoms with Crippen LogP contribution in [0.25, 0.3) is 0 Å². The highest BCUT2D eigenvalue weighted by molar-refractivity contribution is 9.10. The number of nitrogens with zero attached hydrogens (tertiary/aromatic N) is 1. The van der Waals surface area contributed by atoms with Crippen molar-refractivity contribution < 1.29 is 4.39 Å². The van der Waals surface area contributed by atoms with Crippen molar-refractivity contribution in [2.45, 2.75) is 12.0 Å². The molecule has 0 radical (unpaired) electrons. The first kappa shape index (κ1) is 13.3. The Labute approximate surface area is 132 Å². The van der Waals surface area contributed by atoms with E-state index in [9.17, 15) is 4.39 Å². The molecule has 1 saturated heterocycles. The van der Waals surface area contributed by atoms with Crippen LogP contribution in [0, 0.1) is 5.82 Å². The number of hydrogen-bond donors (Lipinski definition) is 1. The molecule has 2 aliphatic rings. The summed E-state index contributed by atoms with van der Waals surface area (Å²) in [6.45, 7) is 2.72. The van der Waals surface area contributed by atoms with Crippen LogP contribution >= 0.6 is 15.9 Å². The van der Waals surface area contributed by atoms with E-state index in [0.29, 0.717) is 0 Å². The summed E-state index contributed by atoms with van der Waals surface area (Å²) in [5, 5.41) is 3.51. The fourth-order valence-corrected chi connectivity index (χ4v) is 4.27. The lowest BCUT2D eigenvalue weighted by atomic mass is 9.84. The molecule has 2 aliphatic heterocycles. The highest BCUT2D eigenvalue weighted by Crippen LogP contribution is 2.48. The first-order chi connectivity index (χ1) is 10.2. The normalized spacial score (nSPS) is 23.8. The number of rotatable bonds is 1. The maximum Gasteiger partial charge on any atom is 0.126 e. The van der Waals surface area contributed by atoms with Gasteiger partial charge in [-0.15, -0.1) is 0 Å². The molecule has 1 fully saturated rings. The van der Waals surface area contributed by atoms with E-state index in [4.69, 9.17) is 0 Å². The van der Waals surface area contributed by atoms with E-state index in [2.05, 4.69) is 50.4 Å². The second kappa shape index (κ2) is 4.82. The van der Waals surface area contributed by atoms with Gasteiger partial charge in [0.15, 0.2) is 0 Å². The van der Waals surface area contributed by atoms with Crippen LogP contribution in [0.3, 0.4) is 0 Å². The predicted octanol–water partition coefficient (Wildman–Crippen LogP) is 3.45. The van der Waals surface area contributed by atoms with Gasteiger partial charge in [-0.3, -0.25) is 0 Å². The SMILES string of the molecule is Fc1cc(Br)c2c(c1)N1CCNC[C@@]1(c1ccccc1)C2. The Hall–Kier alpha value is -1.39. The summed E-state index contributed by atoms with van der Waals surface area (Å²) < 4.78 is 14.7. The van der Waals surface area contributed by atoms with Crippen LogP contribution in [0.1, 0.15) is 11.1 Å². The van der Waals surface area contributed by atoms with E-state index in [1.165, 1.54) is 11.1 Å². The van der Waals surface area contributed by atoms with E-state index < -0.39 is 0 Å². The van der Waals surface area contributed by atoms with Gasteiger partial charge in [-0.25, -0.2) is 4.39 Å². The van der Waals surface area contributed by atoms with Gasteiger partial charge < -0.3 is 10.2 Å². The molecule has 2 aromatic rings. The van der Waals surface area contributed by atoms with Gasteiger partial charge in [0.05, 0.1) is 5.54 Å². The molecular formula is C17H16BrFN2. The van der Waals surface area contributed by atoms with E-state index in [1.807, 2.05) is 6.07 Å². The maximum absolute atomic E-state index is 13.8. The summed E-state index contributed by atoms with van der Waals surface area (Å²) in [5.41, 5.74) is 3.44. The fraction of sp³-hybridized carbons (Fsp3) is 0.294. The lowest BCUT2D eigenvalue weighted by molar-refractivity contribution is 0.350. The smallest absolute Gasteiger partial charge is 0.126 e. The average molecular weight is 347 g/mol. The molecule has 21 heavy (non-hydrogen) atoms. The standard InChI is InChI=1S/C17H16BrFN2/c18-15-8-13(19)9-16-14(15)10-17(11-20-6-7-21(16)17)12-4-2-1-3-5-12/h1-5,8-9,20H,6-7,10-11H2/t17-/m1/s1. The Bertz CT molecular complexity index is 689. The zero-order valence-corrected chi connectivity index (χ0v) is 13.2. The number of hydrogen-bond acceptors (Lipinski definition) is 2. The van der Waals surface area contributed by atoms with Crippen LogP contribution in [-0.2, 0) is 12.0 Å². The highest BCUT2D eigenvalue weighted by Gasteiger charge is 2.47. The molecule has 0 bridgehead atoms. The maximum atomic E-state index is 13.8. The largest absolute Gasteiger partial charge is 0.359 e. The van der Waals surface area contributed by atoms with Crippen LogP contribution in [-0.4, -0.2) is 19.6 Å². The van der Waals surface area contributed by atoms with Gasteiger partial charge in [-0.2, -0.15) is 0 Å². The molecule has 1 N–H and O–H groups in total. The molecule has 4 rings (SSSR count). The molecule has 4 heteroatoms. The summed E-state index contributed by atoms with van der Waals surface area (Å²) in [7, 11) is 0. The Morgan fingerprint density at radius 2 is 2.00 bits per heavy atom. The topological polar surface area (TPSA) is 15.3 Å². The van der Waals surface area contributed by atoms with Crippen LogP contribution in [0.15, 0.2) is 46.9 Å². The average Bonchev–Trinajstić information content (AvgIpc) is 2.85. The number of halogens is 2. The van der Waals surface area contributed by atoms with E-state index in [-0.39, 0.29) is 11.4 Å². The van der Waals surface area contributed by atoms with Crippen molar-refractivity contribution in [3.63, 3.8) is 0 Å². The number of piperazine rings is 1. The second-order valence-corrected chi connectivity index (χ2v) is 6.64. The quantitative estimate of drug-likeness (QED) is 0.850. The first-order valence-corrected chi connectivity index (χ1v) is 8.02. The van der Waals surface area contributed by atoms with Gasteiger partial charge in [-0.05, 0) is 23.3 Å². The van der Waals surface area contributed by atoms with Gasteiger partial charge >= 0.3 is 0 Å². The van der Waals surface area contributed by atoms with Crippen molar-refractivity contribution in [1.29, 1.82) is 0 Å². The van der Waals surface area contributed by atoms with Crippen molar-refractivity contribution in [3.05, 3.63) is 63.9 Å². The molecule has 2 aromatic carbocycles. The molecule has 108 valence electrons. The predicted molar refractivity (Wildman–Crippen MR) is 86.1 cm³/mol.